The van der Waals surface area contributed by atoms with E-state index in [1.807, 2.05) is 12.1 Å². The maximum atomic E-state index is 12.1. The molecule has 2 N–H and O–H groups in total. The molecule has 1 unspecified atom stereocenters. The molecule has 0 spiro atoms. The Hall–Kier alpha value is -1.39. The summed E-state index contributed by atoms with van der Waals surface area (Å²) in [6.07, 6.45) is 3.14. The summed E-state index contributed by atoms with van der Waals surface area (Å²) in [5.74, 6) is 0.0880. The van der Waals surface area contributed by atoms with Crippen LogP contribution in [0.2, 0.25) is 0 Å². The molecule has 1 fully saturated rings. The van der Waals surface area contributed by atoms with Gasteiger partial charge in [-0.3, -0.25) is 4.79 Å². The summed E-state index contributed by atoms with van der Waals surface area (Å²) in [6.45, 7) is 2.24. The highest BCUT2D eigenvalue weighted by Crippen LogP contribution is 2.16. The third-order valence-electron chi connectivity index (χ3n) is 3.93. The van der Waals surface area contributed by atoms with Crippen LogP contribution in [0.5, 0.6) is 0 Å². The number of benzene rings is 1. The van der Waals surface area contributed by atoms with Crippen molar-refractivity contribution >= 4 is 5.91 Å². The van der Waals surface area contributed by atoms with Gasteiger partial charge in [0.1, 0.15) is 0 Å². The van der Waals surface area contributed by atoms with Crippen LogP contribution in [0.25, 0.3) is 0 Å². The Kier molecular flexibility index (Phi) is 3.80. The SMILES string of the molecule is O=C(NCC1CCCO1)[C@H]1Cc2ccccc2CN1. The van der Waals surface area contributed by atoms with E-state index in [1.165, 1.54) is 11.1 Å². The van der Waals surface area contributed by atoms with Crippen molar-refractivity contribution in [3.05, 3.63) is 35.4 Å². The average Bonchev–Trinajstić information content (AvgIpc) is 2.97. The summed E-state index contributed by atoms with van der Waals surface area (Å²) in [4.78, 5) is 12.1. The highest BCUT2D eigenvalue weighted by atomic mass is 16.5. The summed E-state index contributed by atoms with van der Waals surface area (Å²) in [7, 11) is 0. The summed E-state index contributed by atoms with van der Waals surface area (Å²) in [5, 5.41) is 6.30. The minimum atomic E-state index is -0.115. The van der Waals surface area contributed by atoms with Crippen LogP contribution in [-0.4, -0.2) is 31.2 Å². The van der Waals surface area contributed by atoms with Crippen LogP contribution >= 0.6 is 0 Å². The number of hydrogen-bond donors (Lipinski definition) is 2. The van der Waals surface area contributed by atoms with E-state index in [0.29, 0.717) is 6.54 Å². The van der Waals surface area contributed by atoms with Gasteiger partial charge in [0.25, 0.3) is 0 Å². The van der Waals surface area contributed by atoms with Crippen molar-refractivity contribution in [2.75, 3.05) is 13.2 Å². The number of fused-ring (bicyclic) bond motifs is 1. The molecule has 19 heavy (non-hydrogen) atoms. The monoisotopic (exact) mass is 260 g/mol. The Bertz CT molecular complexity index is 455. The van der Waals surface area contributed by atoms with E-state index < -0.39 is 0 Å². The number of carbonyl (C=O) groups is 1. The molecule has 1 aromatic carbocycles. The predicted octanol–water partition coefficient (Wildman–Crippen LogP) is 0.996. The molecule has 1 amide bonds. The lowest BCUT2D eigenvalue weighted by Crippen LogP contribution is -2.49. The number of nitrogens with one attached hydrogen (secondary N) is 2. The van der Waals surface area contributed by atoms with Gasteiger partial charge in [0.05, 0.1) is 12.1 Å². The van der Waals surface area contributed by atoms with Crippen LogP contribution < -0.4 is 10.6 Å². The molecule has 2 aliphatic rings. The molecule has 0 aliphatic carbocycles. The molecule has 2 heterocycles. The molecule has 1 aromatic rings. The molecule has 1 saturated heterocycles. The minimum absolute atomic E-state index is 0.0880. The lowest BCUT2D eigenvalue weighted by molar-refractivity contribution is -0.123. The van der Waals surface area contributed by atoms with Gasteiger partial charge < -0.3 is 15.4 Å². The van der Waals surface area contributed by atoms with Gasteiger partial charge in [-0.25, -0.2) is 0 Å². The van der Waals surface area contributed by atoms with E-state index in [9.17, 15) is 4.79 Å². The molecule has 0 aromatic heterocycles. The molecule has 3 rings (SSSR count). The second-order valence-corrected chi connectivity index (χ2v) is 5.29. The molecular formula is C15H20N2O2. The van der Waals surface area contributed by atoms with Gasteiger partial charge >= 0.3 is 0 Å². The van der Waals surface area contributed by atoms with Crippen molar-refractivity contribution in [3.8, 4) is 0 Å². The Morgan fingerprint density at radius 2 is 2.21 bits per heavy atom. The zero-order valence-corrected chi connectivity index (χ0v) is 11.0. The van der Waals surface area contributed by atoms with Crippen molar-refractivity contribution < 1.29 is 9.53 Å². The lowest BCUT2D eigenvalue weighted by Gasteiger charge is -2.25. The van der Waals surface area contributed by atoms with Crippen LogP contribution in [0.3, 0.4) is 0 Å². The smallest absolute Gasteiger partial charge is 0.237 e. The van der Waals surface area contributed by atoms with Crippen LogP contribution in [0.1, 0.15) is 24.0 Å². The van der Waals surface area contributed by atoms with Crippen molar-refractivity contribution in [2.45, 2.75) is 38.0 Å². The number of ether oxygens (including phenoxy) is 1. The van der Waals surface area contributed by atoms with Crippen molar-refractivity contribution in [1.82, 2.24) is 10.6 Å². The molecule has 0 saturated carbocycles. The summed E-state index contributed by atoms with van der Waals surface area (Å²) in [5.41, 5.74) is 2.57. The van der Waals surface area contributed by atoms with E-state index in [1.54, 1.807) is 0 Å². The maximum Gasteiger partial charge on any atom is 0.237 e. The maximum absolute atomic E-state index is 12.1. The van der Waals surface area contributed by atoms with Crippen molar-refractivity contribution in [3.63, 3.8) is 0 Å². The topological polar surface area (TPSA) is 50.4 Å². The molecule has 4 nitrogen and oxygen atoms in total. The molecule has 0 radical (unpaired) electrons. The zero-order valence-electron chi connectivity index (χ0n) is 11.0. The molecule has 2 atom stereocenters. The van der Waals surface area contributed by atoms with Crippen molar-refractivity contribution in [1.29, 1.82) is 0 Å². The average molecular weight is 260 g/mol. The largest absolute Gasteiger partial charge is 0.376 e. The summed E-state index contributed by atoms with van der Waals surface area (Å²) >= 11 is 0. The first kappa shape index (κ1) is 12.6. The van der Waals surface area contributed by atoms with E-state index >= 15 is 0 Å². The number of hydrogen-bond acceptors (Lipinski definition) is 3. The number of carbonyl (C=O) groups excluding carboxylic acids is 1. The van der Waals surface area contributed by atoms with E-state index in [2.05, 4.69) is 22.8 Å². The standard InChI is InChI=1S/C15H20N2O2/c18-15(17-10-13-6-3-7-19-13)14-8-11-4-1-2-5-12(11)9-16-14/h1-2,4-5,13-14,16H,3,6-10H2,(H,17,18)/t13?,14-/m1/s1. The van der Waals surface area contributed by atoms with Crippen LogP contribution in [0.4, 0.5) is 0 Å². The molecule has 102 valence electrons. The fourth-order valence-electron chi connectivity index (χ4n) is 2.78. The highest BCUT2D eigenvalue weighted by molar-refractivity contribution is 5.82. The van der Waals surface area contributed by atoms with Crippen LogP contribution in [0, 0.1) is 0 Å². The summed E-state index contributed by atoms with van der Waals surface area (Å²) in [6, 6.07) is 8.18. The van der Waals surface area contributed by atoms with Crippen molar-refractivity contribution in [2.24, 2.45) is 0 Å². The number of rotatable bonds is 3. The molecular weight excluding hydrogens is 240 g/mol. The number of amides is 1. The third-order valence-corrected chi connectivity index (χ3v) is 3.93. The quantitative estimate of drug-likeness (QED) is 0.852. The first-order valence-electron chi connectivity index (χ1n) is 7.02. The fraction of sp³-hybridized carbons (Fsp3) is 0.533. The van der Waals surface area contributed by atoms with Gasteiger partial charge in [-0.15, -0.1) is 0 Å². The first-order valence-corrected chi connectivity index (χ1v) is 7.02. The lowest BCUT2D eigenvalue weighted by atomic mass is 9.95. The van der Waals surface area contributed by atoms with Crippen LogP contribution in [-0.2, 0) is 22.5 Å². The van der Waals surface area contributed by atoms with Gasteiger partial charge in [0, 0.05) is 19.7 Å². The fourth-order valence-corrected chi connectivity index (χ4v) is 2.78. The van der Waals surface area contributed by atoms with Gasteiger partial charge in [-0.1, -0.05) is 24.3 Å². The second-order valence-electron chi connectivity index (χ2n) is 5.29. The Morgan fingerprint density at radius 3 is 3.00 bits per heavy atom. The second kappa shape index (κ2) is 5.72. The molecule has 2 aliphatic heterocycles. The van der Waals surface area contributed by atoms with Crippen LogP contribution in [0.15, 0.2) is 24.3 Å². The van der Waals surface area contributed by atoms with E-state index in [4.69, 9.17) is 4.74 Å². The third kappa shape index (κ3) is 2.96. The first-order chi connectivity index (χ1) is 9.33. The highest BCUT2D eigenvalue weighted by Gasteiger charge is 2.24. The van der Waals surface area contributed by atoms with Gasteiger partial charge in [0.2, 0.25) is 5.91 Å². The zero-order chi connectivity index (χ0) is 13.1. The predicted molar refractivity (Wildman–Crippen MR) is 72.8 cm³/mol. The van der Waals surface area contributed by atoms with Gasteiger partial charge in [-0.05, 0) is 30.4 Å². The van der Waals surface area contributed by atoms with E-state index in [0.717, 1.165) is 32.4 Å². The minimum Gasteiger partial charge on any atom is -0.376 e. The molecule has 0 bridgehead atoms. The molecule has 4 heteroatoms. The van der Waals surface area contributed by atoms with Gasteiger partial charge in [-0.2, -0.15) is 0 Å². The Morgan fingerprint density at radius 1 is 1.37 bits per heavy atom. The van der Waals surface area contributed by atoms with E-state index in [-0.39, 0.29) is 18.1 Å². The summed E-state index contributed by atoms with van der Waals surface area (Å²) < 4.78 is 5.51. The Labute approximate surface area is 113 Å². The van der Waals surface area contributed by atoms with Gasteiger partial charge in [0.15, 0.2) is 0 Å². The Balaban J connectivity index is 1.54. The normalized spacial score (nSPS) is 25.9.